The van der Waals surface area contributed by atoms with Crippen LogP contribution in [0.2, 0.25) is 0 Å². The van der Waals surface area contributed by atoms with E-state index < -0.39 is 0 Å². The van der Waals surface area contributed by atoms with Crippen molar-refractivity contribution in [1.82, 2.24) is 15.3 Å². The molecule has 0 bridgehead atoms. The molecular weight excluding hydrogens is 238 g/mol. The molecule has 0 radical (unpaired) electrons. The number of aromatic nitrogens is 2. The summed E-state index contributed by atoms with van der Waals surface area (Å²) in [4.78, 5) is 8.89. The minimum atomic E-state index is 0.670. The molecule has 4 nitrogen and oxygen atoms in total. The summed E-state index contributed by atoms with van der Waals surface area (Å²) in [5, 5.41) is 3.42. The van der Waals surface area contributed by atoms with Crippen LogP contribution in [0, 0.1) is 0 Å². The predicted octanol–water partition coefficient (Wildman–Crippen LogP) is 2.40. The Kier molecular flexibility index (Phi) is 3.42. The Bertz CT molecular complexity index is 567. The van der Waals surface area contributed by atoms with Gasteiger partial charge in [-0.05, 0) is 31.0 Å². The van der Waals surface area contributed by atoms with Gasteiger partial charge in [-0.2, -0.15) is 0 Å². The van der Waals surface area contributed by atoms with Gasteiger partial charge in [0.1, 0.15) is 11.6 Å². The molecule has 0 unspecified atom stereocenters. The Hall–Kier alpha value is -1.94. The number of methoxy groups -OCH3 is 1. The van der Waals surface area contributed by atoms with Crippen LogP contribution in [0.3, 0.4) is 0 Å². The minimum absolute atomic E-state index is 0.670. The smallest absolute Gasteiger partial charge is 0.142 e. The first-order valence-corrected chi connectivity index (χ1v) is 6.55. The van der Waals surface area contributed by atoms with E-state index in [1.165, 1.54) is 12.8 Å². The van der Waals surface area contributed by atoms with Gasteiger partial charge in [0.25, 0.3) is 0 Å². The summed E-state index contributed by atoms with van der Waals surface area (Å²) in [6, 6.07) is 10.5. The van der Waals surface area contributed by atoms with Crippen molar-refractivity contribution in [2.45, 2.75) is 25.4 Å². The molecule has 19 heavy (non-hydrogen) atoms. The number of hydrogen-bond acceptors (Lipinski definition) is 4. The predicted molar refractivity (Wildman–Crippen MR) is 73.9 cm³/mol. The quantitative estimate of drug-likeness (QED) is 0.891. The van der Waals surface area contributed by atoms with E-state index in [1.54, 1.807) is 7.11 Å². The summed E-state index contributed by atoms with van der Waals surface area (Å²) < 4.78 is 5.24. The molecule has 3 rings (SSSR count). The third kappa shape index (κ3) is 3.09. The molecule has 0 amide bonds. The maximum atomic E-state index is 5.24. The van der Waals surface area contributed by atoms with Gasteiger partial charge in [-0.25, -0.2) is 9.97 Å². The summed E-state index contributed by atoms with van der Waals surface area (Å²) in [5.41, 5.74) is 1.98. The number of benzene rings is 1. The molecule has 1 heterocycles. The Morgan fingerprint density at radius 1 is 1.32 bits per heavy atom. The second-order valence-corrected chi connectivity index (χ2v) is 4.75. The summed E-state index contributed by atoms with van der Waals surface area (Å²) in [5.74, 6) is 1.68. The van der Waals surface area contributed by atoms with Crippen LogP contribution in [0.1, 0.15) is 18.7 Å². The van der Waals surface area contributed by atoms with E-state index in [0.29, 0.717) is 6.04 Å². The Morgan fingerprint density at radius 2 is 2.21 bits per heavy atom. The molecule has 4 heteroatoms. The number of ether oxygens (including phenoxy) is 1. The highest BCUT2D eigenvalue weighted by Crippen LogP contribution is 2.22. The van der Waals surface area contributed by atoms with Gasteiger partial charge < -0.3 is 10.1 Å². The average Bonchev–Trinajstić information content (AvgIpc) is 3.30. The van der Waals surface area contributed by atoms with E-state index in [2.05, 4.69) is 15.3 Å². The first-order chi connectivity index (χ1) is 9.35. The highest BCUT2D eigenvalue weighted by atomic mass is 16.5. The van der Waals surface area contributed by atoms with Crippen molar-refractivity contribution in [3.8, 4) is 17.0 Å². The lowest BCUT2D eigenvalue weighted by Crippen LogP contribution is -2.17. The average molecular weight is 255 g/mol. The largest absolute Gasteiger partial charge is 0.497 e. The third-order valence-corrected chi connectivity index (χ3v) is 3.20. The summed E-state index contributed by atoms with van der Waals surface area (Å²) in [6.07, 6.45) is 4.36. The normalized spacial score (nSPS) is 14.4. The van der Waals surface area contributed by atoms with Crippen molar-refractivity contribution in [2.75, 3.05) is 7.11 Å². The molecule has 0 spiro atoms. The van der Waals surface area contributed by atoms with Crippen molar-refractivity contribution in [3.63, 3.8) is 0 Å². The number of nitrogens with one attached hydrogen (secondary N) is 1. The molecule has 1 aromatic heterocycles. The van der Waals surface area contributed by atoms with Gasteiger partial charge in [0.05, 0.1) is 19.3 Å². The highest BCUT2D eigenvalue weighted by molar-refractivity contribution is 5.60. The Morgan fingerprint density at radius 3 is 3.00 bits per heavy atom. The van der Waals surface area contributed by atoms with Crippen LogP contribution in [0.15, 0.2) is 36.5 Å². The van der Waals surface area contributed by atoms with E-state index in [0.717, 1.165) is 29.4 Å². The van der Waals surface area contributed by atoms with Crippen LogP contribution in [0.5, 0.6) is 5.75 Å². The molecular formula is C15H17N3O. The Balaban J connectivity index is 1.80. The van der Waals surface area contributed by atoms with Crippen LogP contribution in [-0.2, 0) is 6.54 Å². The molecule has 0 atom stereocenters. The van der Waals surface area contributed by atoms with E-state index in [-0.39, 0.29) is 0 Å². The lowest BCUT2D eigenvalue weighted by Gasteiger charge is -2.06. The molecule has 2 aromatic rings. The van der Waals surface area contributed by atoms with E-state index in [4.69, 9.17) is 4.74 Å². The molecule has 0 saturated heterocycles. The van der Waals surface area contributed by atoms with Gasteiger partial charge in [-0.15, -0.1) is 0 Å². The fourth-order valence-corrected chi connectivity index (χ4v) is 1.95. The summed E-state index contributed by atoms with van der Waals surface area (Å²) >= 11 is 0. The molecule has 0 aliphatic heterocycles. The van der Waals surface area contributed by atoms with E-state index in [1.807, 2.05) is 36.5 Å². The standard InChI is InChI=1S/C15H17N3O/c1-19-13-4-2-3-11(9-13)14-7-8-16-15(18-14)10-17-12-5-6-12/h2-4,7-9,12,17H,5-6,10H2,1H3. The first-order valence-electron chi connectivity index (χ1n) is 6.55. The van der Waals surface area contributed by atoms with Crippen molar-refractivity contribution >= 4 is 0 Å². The molecule has 1 aromatic carbocycles. The van der Waals surface area contributed by atoms with Gasteiger partial charge in [0, 0.05) is 17.8 Å². The van der Waals surface area contributed by atoms with Crippen molar-refractivity contribution < 1.29 is 4.74 Å². The zero-order valence-corrected chi connectivity index (χ0v) is 11.0. The maximum Gasteiger partial charge on any atom is 0.142 e. The van der Waals surface area contributed by atoms with E-state index >= 15 is 0 Å². The van der Waals surface area contributed by atoms with Crippen LogP contribution < -0.4 is 10.1 Å². The Labute approximate surface area is 112 Å². The van der Waals surface area contributed by atoms with Crippen LogP contribution in [0.4, 0.5) is 0 Å². The summed E-state index contributed by atoms with van der Waals surface area (Å²) in [7, 11) is 1.67. The molecule has 1 saturated carbocycles. The number of nitrogens with zero attached hydrogens (tertiary/aromatic N) is 2. The van der Waals surface area contributed by atoms with Crippen molar-refractivity contribution in [3.05, 3.63) is 42.4 Å². The van der Waals surface area contributed by atoms with Gasteiger partial charge in [0.15, 0.2) is 0 Å². The number of hydrogen-bond donors (Lipinski definition) is 1. The van der Waals surface area contributed by atoms with Crippen LogP contribution in [0.25, 0.3) is 11.3 Å². The highest BCUT2D eigenvalue weighted by Gasteiger charge is 2.20. The second-order valence-electron chi connectivity index (χ2n) is 4.75. The van der Waals surface area contributed by atoms with Crippen molar-refractivity contribution in [2.24, 2.45) is 0 Å². The third-order valence-electron chi connectivity index (χ3n) is 3.20. The van der Waals surface area contributed by atoms with Gasteiger partial charge in [-0.1, -0.05) is 12.1 Å². The molecule has 98 valence electrons. The van der Waals surface area contributed by atoms with Gasteiger partial charge in [0.2, 0.25) is 0 Å². The zero-order valence-electron chi connectivity index (χ0n) is 11.0. The number of rotatable bonds is 5. The molecule has 1 N–H and O–H groups in total. The zero-order chi connectivity index (χ0) is 13.1. The van der Waals surface area contributed by atoms with Crippen molar-refractivity contribution in [1.29, 1.82) is 0 Å². The maximum absolute atomic E-state index is 5.24. The van der Waals surface area contributed by atoms with Gasteiger partial charge >= 0.3 is 0 Å². The fourth-order valence-electron chi connectivity index (χ4n) is 1.95. The molecule has 1 aliphatic carbocycles. The van der Waals surface area contributed by atoms with E-state index in [9.17, 15) is 0 Å². The molecule has 1 aliphatic rings. The lowest BCUT2D eigenvalue weighted by molar-refractivity contribution is 0.415. The first kappa shape index (κ1) is 12.1. The minimum Gasteiger partial charge on any atom is -0.497 e. The van der Waals surface area contributed by atoms with Crippen LogP contribution >= 0.6 is 0 Å². The van der Waals surface area contributed by atoms with Crippen LogP contribution in [-0.4, -0.2) is 23.1 Å². The fraction of sp³-hybridized carbons (Fsp3) is 0.333. The second kappa shape index (κ2) is 5.36. The molecule has 1 fully saturated rings. The monoisotopic (exact) mass is 255 g/mol. The summed E-state index contributed by atoms with van der Waals surface area (Å²) in [6.45, 7) is 0.739. The lowest BCUT2D eigenvalue weighted by atomic mass is 10.1. The SMILES string of the molecule is COc1cccc(-c2ccnc(CNC3CC3)n2)c1. The topological polar surface area (TPSA) is 47.0 Å². The van der Waals surface area contributed by atoms with Gasteiger partial charge in [-0.3, -0.25) is 0 Å².